The third kappa shape index (κ3) is 3.82. The van der Waals surface area contributed by atoms with E-state index in [4.69, 9.17) is 5.11 Å². The number of carbonyl (C=O) groups is 2. The van der Waals surface area contributed by atoms with Gasteiger partial charge in [0.2, 0.25) is 5.91 Å². The molecule has 6 heteroatoms. The quantitative estimate of drug-likeness (QED) is 0.803. The van der Waals surface area contributed by atoms with E-state index in [1.54, 1.807) is 0 Å². The average molecular weight is 317 g/mol. The second-order valence-electron chi connectivity index (χ2n) is 6.27. The molecule has 2 heterocycles. The van der Waals surface area contributed by atoms with Crippen LogP contribution in [-0.4, -0.2) is 61.2 Å². The SMILES string of the molecule is O=C(CN1CCC(C(=O)O)C1)NCCN1CCc2ccccc21. The number of carboxylic acids is 1. The fourth-order valence-electron chi connectivity index (χ4n) is 3.41. The van der Waals surface area contributed by atoms with Gasteiger partial charge in [0.25, 0.3) is 0 Å². The van der Waals surface area contributed by atoms with Gasteiger partial charge in [0, 0.05) is 31.9 Å². The van der Waals surface area contributed by atoms with Crippen molar-refractivity contribution in [2.45, 2.75) is 12.8 Å². The van der Waals surface area contributed by atoms with Crippen molar-refractivity contribution in [3.05, 3.63) is 29.8 Å². The number of aliphatic carboxylic acids is 1. The van der Waals surface area contributed by atoms with Crippen molar-refractivity contribution in [1.82, 2.24) is 10.2 Å². The molecule has 2 N–H and O–H groups in total. The Morgan fingerprint density at radius 2 is 2.09 bits per heavy atom. The third-order valence-corrected chi connectivity index (χ3v) is 4.68. The maximum atomic E-state index is 12.0. The van der Waals surface area contributed by atoms with Crippen LogP contribution in [0, 0.1) is 5.92 Å². The van der Waals surface area contributed by atoms with Crippen molar-refractivity contribution < 1.29 is 14.7 Å². The van der Waals surface area contributed by atoms with Gasteiger partial charge >= 0.3 is 5.97 Å². The summed E-state index contributed by atoms with van der Waals surface area (Å²) in [5.41, 5.74) is 2.64. The van der Waals surface area contributed by atoms with Crippen molar-refractivity contribution >= 4 is 17.6 Å². The first kappa shape index (κ1) is 15.8. The number of benzene rings is 1. The number of anilines is 1. The summed E-state index contributed by atoms with van der Waals surface area (Å²) in [4.78, 5) is 27.1. The van der Waals surface area contributed by atoms with Gasteiger partial charge in [0.1, 0.15) is 0 Å². The minimum Gasteiger partial charge on any atom is -0.481 e. The monoisotopic (exact) mass is 317 g/mol. The molecule has 0 aliphatic carbocycles. The van der Waals surface area contributed by atoms with Crippen LogP contribution in [0.2, 0.25) is 0 Å². The molecule has 23 heavy (non-hydrogen) atoms. The fraction of sp³-hybridized carbons (Fsp3) is 0.529. The van der Waals surface area contributed by atoms with E-state index >= 15 is 0 Å². The molecule has 1 aromatic carbocycles. The smallest absolute Gasteiger partial charge is 0.307 e. The van der Waals surface area contributed by atoms with E-state index in [1.807, 2.05) is 11.0 Å². The van der Waals surface area contributed by atoms with E-state index in [0.717, 1.165) is 19.5 Å². The van der Waals surface area contributed by atoms with Crippen LogP contribution in [0.3, 0.4) is 0 Å². The zero-order valence-electron chi connectivity index (χ0n) is 13.2. The Morgan fingerprint density at radius 1 is 1.26 bits per heavy atom. The van der Waals surface area contributed by atoms with Gasteiger partial charge in [-0.3, -0.25) is 14.5 Å². The molecule has 0 radical (unpaired) electrons. The highest BCUT2D eigenvalue weighted by molar-refractivity contribution is 5.78. The molecule has 1 amide bonds. The molecular weight excluding hydrogens is 294 g/mol. The number of rotatable bonds is 6. The number of nitrogens with one attached hydrogen (secondary N) is 1. The van der Waals surface area contributed by atoms with Gasteiger partial charge in [-0.25, -0.2) is 0 Å². The van der Waals surface area contributed by atoms with Crippen LogP contribution in [-0.2, 0) is 16.0 Å². The van der Waals surface area contributed by atoms with Gasteiger partial charge in [-0.05, 0) is 31.0 Å². The van der Waals surface area contributed by atoms with Crippen LogP contribution in [0.25, 0.3) is 0 Å². The summed E-state index contributed by atoms with van der Waals surface area (Å²) < 4.78 is 0. The Labute approximate surface area is 136 Å². The van der Waals surface area contributed by atoms with Crippen LogP contribution in [0.5, 0.6) is 0 Å². The Bertz CT molecular complexity index is 590. The molecule has 1 atom stereocenters. The highest BCUT2D eigenvalue weighted by Crippen LogP contribution is 2.26. The van der Waals surface area contributed by atoms with Gasteiger partial charge < -0.3 is 15.3 Å². The number of carboxylic acid groups (broad SMARTS) is 1. The molecule has 1 unspecified atom stereocenters. The Hall–Kier alpha value is -2.08. The van der Waals surface area contributed by atoms with Crippen LogP contribution < -0.4 is 10.2 Å². The van der Waals surface area contributed by atoms with Crippen molar-refractivity contribution in [2.75, 3.05) is 44.2 Å². The molecule has 1 aromatic rings. The lowest BCUT2D eigenvalue weighted by Gasteiger charge is -2.20. The molecule has 1 saturated heterocycles. The van der Waals surface area contributed by atoms with Gasteiger partial charge in [0.05, 0.1) is 12.5 Å². The summed E-state index contributed by atoms with van der Waals surface area (Å²) in [6.07, 6.45) is 1.70. The molecule has 6 nitrogen and oxygen atoms in total. The molecule has 3 rings (SSSR count). The second-order valence-corrected chi connectivity index (χ2v) is 6.27. The minimum atomic E-state index is -0.763. The predicted octanol–water partition coefficient (Wildman–Crippen LogP) is 0.572. The van der Waals surface area contributed by atoms with Crippen molar-refractivity contribution in [1.29, 1.82) is 0 Å². The van der Waals surface area contributed by atoms with Gasteiger partial charge in [0.15, 0.2) is 0 Å². The lowest BCUT2D eigenvalue weighted by Crippen LogP contribution is -2.40. The maximum absolute atomic E-state index is 12.0. The van der Waals surface area contributed by atoms with Crippen LogP contribution >= 0.6 is 0 Å². The third-order valence-electron chi connectivity index (χ3n) is 4.68. The molecule has 1 fully saturated rings. The number of fused-ring (bicyclic) bond motifs is 1. The van der Waals surface area contributed by atoms with Crippen molar-refractivity contribution in [3.63, 3.8) is 0 Å². The first-order valence-electron chi connectivity index (χ1n) is 8.18. The summed E-state index contributed by atoms with van der Waals surface area (Å²) >= 11 is 0. The highest BCUT2D eigenvalue weighted by Gasteiger charge is 2.28. The lowest BCUT2D eigenvalue weighted by atomic mass is 10.1. The van der Waals surface area contributed by atoms with E-state index in [-0.39, 0.29) is 11.8 Å². The van der Waals surface area contributed by atoms with E-state index in [9.17, 15) is 9.59 Å². The largest absolute Gasteiger partial charge is 0.481 e. The van der Waals surface area contributed by atoms with Crippen LogP contribution in [0.4, 0.5) is 5.69 Å². The Balaban J connectivity index is 1.38. The van der Waals surface area contributed by atoms with Crippen molar-refractivity contribution in [2.24, 2.45) is 5.92 Å². The molecule has 0 aromatic heterocycles. The van der Waals surface area contributed by atoms with Gasteiger partial charge in [-0.2, -0.15) is 0 Å². The normalized spacial score (nSPS) is 20.5. The maximum Gasteiger partial charge on any atom is 0.307 e. The van der Waals surface area contributed by atoms with E-state index in [1.165, 1.54) is 11.3 Å². The second kappa shape index (κ2) is 7.00. The first-order chi connectivity index (χ1) is 11.1. The number of amides is 1. The Kier molecular flexibility index (Phi) is 4.81. The highest BCUT2D eigenvalue weighted by atomic mass is 16.4. The lowest BCUT2D eigenvalue weighted by molar-refractivity contribution is -0.141. The molecule has 0 bridgehead atoms. The molecule has 2 aliphatic rings. The minimum absolute atomic E-state index is 0.0245. The molecule has 0 saturated carbocycles. The number of likely N-dealkylation sites (tertiary alicyclic amines) is 1. The van der Waals surface area contributed by atoms with Crippen LogP contribution in [0.15, 0.2) is 24.3 Å². The van der Waals surface area contributed by atoms with Crippen LogP contribution in [0.1, 0.15) is 12.0 Å². The standard InChI is InChI=1S/C17H23N3O3/c21-16(12-19-8-5-14(11-19)17(22)23)18-7-10-20-9-6-13-3-1-2-4-15(13)20/h1-4,14H,5-12H2,(H,18,21)(H,22,23). The van der Waals surface area contributed by atoms with Gasteiger partial charge in [-0.15, -0.1) is 0 Å². The summed E-state index contributed by atoms with van der Waals surface area (Å²) in [6, 6.07) is 8.38. The zero-order valence-corrected chi connectivity index (χ0v) is 13.2. The van der Waals surface area contributed by atoms with Crippen molar-refractivity contribution in [3.8, 4) is 0 Å². The first-order valence-corrected chi connectivity index (χ1v) is 8.18. The van der Waals surface area contributed by atoms with E-state index < -0.39 is 5.97 Å². The predicted molar refractivity (Wildman–Crippen MR) is 87.6 cm³/mol. The zero-order chi connectivity index (χ0) is 16.2. The number of nitrogens with zero attached hydrogens (tertiary/aromatic N) is 2. The molecule has 2 aliphatic heterocycles. The number of hydrogen-bond donors (Lipinski definition) is 2. The Morgan fingerprint density at radius 3 is 2.87 bits per heavy atom. The summed E-state index contributed by atoms with van der Waals surface area (Å²) in [7, 11) is 0. The summed E-state index contributed by atoms with van der Waals surface area (Å²) in [6.45, 7) is 3.87. The van der Waals surface area contributed by atoms with E-state index in [0.29, 0.717) is 32.6 Å². The average Bonchev–Trinajstić information content (AvgIpc) is 3.15. The summed E-state index contributed by atoms with van der Waals surface area (Å²) in [5, 5.41) is 11.9. The van der Waals surface area contributed by atoms with Gasteiger partial charge in [-0.1, -0.05) is 18.2 Å². The molecular formula is C17H23N3O3. The molecule has 124 valence electrons. The fourth-order valence-corrected chi connectivity index (χ4v) is 3.41. The number of hydrogen-bond acceptors (Lipinski definition) is 4. The molecule has 0 spiro atoms. The van der Waals surface area contributed by atoms with E-state index in [2.05, 4.69) is 28.4 Å². The number of para-hydroxylation sites is 1. The number of carbonyl (C=O) groups excluding carboxylic acids is 1. The topological polar surface area (TPSA) is 72.9 Å². The summed E-state index contributed by atoms with van der Waals surface area (Å²) in [5.74, 6) is -1.12.